The lowest BCUT2D eigenvalue weighted by atomic mass is 10.2. The molecule has 0 unspecified atom stereocenters. The third kappa shape index (κ3) is 4.52. The van der Waals surface area contributed by atoms with Gasteiger partial charge in [-0.25, -0.2) is 17.5 Å². The predicted molar refractivity (Wildman–Crippen MR) is 109 cm³/mol. The van der Waals surface area contributed by atoms with Crippen LogP contribution < -0.4 is 11.1 Å². The summed E-state index contributed by atoms with van der Waals surface area (Å²) in [7, 11) is -0.725. The van der Waals surface area contributed by atoms with Crippen molar-refractivity contribution in [1.82, 2.24) is 14.2 Å². The molecule has 0 radical (unpaired) electrons. The molecule has 29 heavy (non-hydrogen) atoms. The van der Waals surface area contributed by atoms with Gasteiger partial charge in [0.2, 0.25) is 15.9 Å². The van der Waals surface area contributed by atoms with Gasteiger partial charge in [0.05, 0.1) is 10.4 Å². The van der Waals surface area contributed by atoms with Gasteiger partial charge in [-0.05, 0) is 23.8 Å². The van der Waals surface area contributed by atoms with Gasteiger partial charge < -0.3 is 9.73 Å². The van der Waals surface area contributed by atoms with Crippen molar-refractivity contribution in [2.24, 2.45) is 0 Å². The Labute approximate surface area is 172 Å². The van der Waals surface area contributed by atoms with E-state index in [1.165, 1.54) is 30.8 Å². The van der Waals surface area contributed by atoms with Crippen molar-refractivity contribution in [3.63, 3.8) is 0 Å². The molecule has 1 aromatic heterocycles. The van der Waals surface area contributed by atoms with Crippen LogP contribution in [0.3, 0.4) is 0 Å². The second-order valence-electron chi connectivity index (χ2n) is 6.55. The Morgan fingerprint density at radius 1 is 1.21 bits per heavy atom. The van der Waals surface area contributed by atoms with Crippen molar-refractivity contribution >= 4 is 38.6 Å². The maximum Gasteiger partial charge on any atom is 0.419 e. The molecule has 1 N–H and O–H groups in total. The van der Waals surface area contributed by atoms with E-state index in [9.17, 15) is 18.0 Å². The molecule has 0 aliphatic heterocycles. The van der Waals surface area contributed by atoms with Crippen LogP contribution in [0.2, 0.25) is 5.02 Å². The molecule has 0 fully saturated rings. The molecule has 154 valence electrons. The molecule has 0 atom stereocenters. The number of carbonyl (C=O) groups is 1. The van der Waals surface area contributed by atoms with Gasteiger partial charge >= 0.3 is 5.76 Å². The third-order valence-electron chi connectivity index (χ3n) is 4.40. The average Bonchev–Trinajstić information content (AvgIpc) is 2.98. The Morgan fingerprint density at radius 3 is 2.66 bits per heavy atom. The van der Waals surface area contributed by atoms with E-state index in [2.05, 4.69) is 5.32 Å². The van der Waals surface area contributed by atoms with Crippen LogP contribution in [0, 0.1) is 0 Å². The zero-order valence-corrected chi connectivity index (χ0v) is 17.5. The Morgan fingerprint density at radius 2 is 1.93 bits per heavy atom. The second-order valence-corrected chi connectivity index (χ2v) is 9.11. The maximum absolute atomic E-state index is 12.4. The van der Waals surface area contributed by atoms with Gasteiger partial charge in [0, 0.05) is 44.7 Å². The van der Waals surface area contributed by atoms with Crippen LogP contribution in [0.4, 0.5) is 0 Å². The molecule has 8 nitrogen and oxygen atoms in total. The van der Waals surface area contributed by atoms with Crippen LogP contribution in [0.1, 0.15) is 12.0 Å². The van der Waals surface area contributed by atoms with Gasteiger partial charge in [0.25, 0.3) is 0 Å². The molecular weight excluding hydrogens is 418 g/mol. The molecule has 0 saturated heterocycles. The highest BCUT2D eigenvalue weighted by atomic mass is 35.5. The summed E-state index contributed by atoms with van der Waals surface area (Å²) in [5, 5.41) is 3.15. The summed E-state index contributed by atoms with van der Waals surface area (Å²) >= 11 is 5.89. The molecule has 0 aliphatic carbocycles. The van der Waals surface area contributed by atoms with Crippen molar-refractivity contribution in [1.29, 1.82) is 0 Å². The quantitative estimate of drug-likeness (QED) is 0.610. The van der Waals surface area contributed by atoms with E-state index in [0.717, 1.165) is 4.31 Å². The van der Waals surface area contributed by atoms with Crippen LogP contribution in [0.15, 0.2) is 56.6 Å². The predicted octanol–water partition coefficient (Wildman–Crippen LogP) is 2.20. The van der Waals surface area contributed by atoms with E-state index in [1.807, 2.05) is 0 Å². The number of nitrogens with zero attached hydrogens (tertiary/aromatic N) is 2. The van der Waals surface area contributed by atoms with Crippen molar-refractivity contribution in [3.05, 3.63) is 63.6 Å². The minimum atomic E-state index is -3.62. The van der Waals surface area contributed by atoms with Crippen LogP contribution in [-0.2, 0) is 27.9 Å². The smallest absolute Gasteiger partial charge is 0.408 e. The van der Waals surface area contributed by atoms with Gasteiger partial charge in [-0.15, -0.1) is 0 Å². The molecule has 2 aromatic carbocycles. The number of sulfonamides is 1. The number of oxazole rings is 1. The van der Waals surface area contributed by atoms with Crippen LogP contribution in [-0.4, -0.2) is 37.3 Å². The number of aryl methyl sites for hydroxylation is 1. The van der Waals surface area contributed by atoms with Gasteiger partial charge in [0.1, 0.15) is 0 Å². The fourth-order valence-corrected chi connectivity index (χ4v) is 4.12. The highest BCUT2D eigenvalue weighted by Crippen LogP contribution is 2.19. The summed E-state index contributed by atoms with van der Waals surface area (Å²) in [4.78, 5) is 24.4. The summed E-state index contributed by atoms with van der Waals surface area (Å²) in [6, 6.07) is 11.3. The number of halogens is 1. The first kappa shape index (κ1) is 21.1. The average molecular weight is 438 g/mol. The number of fused-ring (bicyclic) bond motifs is 1. The van der Waals surface area contributed by atoms with Crippen molar-refractivity contribution in [3.8, 4) is 0 Å². The Kier molecular flexibility index (Phi) is 6.11. The van der Waals surface area contributed by atoms with E-state index in [0.29, 0.717) is 21.7 Å². The fourth-order valence-electron chi connectivity index (χ4n) is 2.85. The molecule has 1 amide bonds. The second kappa shape index (κ2) is 8.40. The molecular formula is C19H20ClN3O5S. The molecule has 10 heteroatoms. The van der Waals surface area contributed by atoms with E-state index in [4.69, 9.17) is 16.0 Å². The summed E-state index contributed by atoms with van der Waals surface area (Å²) in [6.07, 6.45) is 0.0275. The first-order chi connectivity index (χ1) is 13.7. The molecule has 0 saturated carbocycles. The fraction of sp³-hybridized carbons (Fsp3) is 0.263. The molecule has 0 bridgehead atoms. The first-order valence-corrected chi connectivity index (χ1v) is 10.6. The topological polar surface area (TPSA) is 102 Å². The number of rotatable bonds is 7. The van der Waals surface area contributed by atoms with Crippen molar-refractivity contribution in [2.75, 3.05) is 14.1 Å². The Balaban J connectivity index is 1.68. The Bertz CT molecular complexity index is 1210. The van der Waals surface area contributed by atoms with Crippen LogP contribution in [0.25, 0.3) is 11.1 Å². The molecule has 3 aromatic rings. The number of carbonyl (C=O) groups excluding carboxylic acids is 1. The summed E-state index contributed by atoms with van der Waals surface area (Å²) in [5.74, 6) is -0.894. The number of hydrogen-bond acceptors (Lipinski definition) is 5. The number of aromatic nitrogens is 1. The highest BCUT2D eigenvalue weighted by molar-refractivity contribution is 7.89. The summed E-state index contributed by atoms with van der Waals surface area (Å²) < 4.78 is 32.5. The van der Waals surface area contributed by atoms with E-state index in [1.54, 1.807) is 30.3 Å². The number of benzene rings is 2. The monoisotopic (exact) mass is 437 g/mol. The number of nitrogens with one attached hydrogen (secondary N) is 1. The zero-order chi connectivity index (χ0) is 21.2. The largest absolute Gasteiger partial charge is 0.419 e. The van der Waals surface area contributed by atoms with Gasteiger partial charge in [0.15, 0.2) is 5.58 Å². The minimum Gasteiger partial charge on any atom is -0.408 e. The SMILES string of the molecule is CN(C)S(=O)(=O)c1ccccc1CNC(=O)CCn1c(=O)oc2cc(Cl)ccc21. The van der Waals surface area contributed by atoms with Crippen molar-refractivity contribution < 1.29 is 17.6 Å². The van der Waals surface area contributed by atoms with Gasteiger partial charge in [-0.3, -0.25) is 9.36 Å². The number of hydrogen-bond donors (Lipinski definition) is 1. The molecule has 0 spiro atoms. The standard InChI is InChI=1S/C19H20ClN3O5S/c1-22(2)29(26,27)17-6-4-3-5-13(17)12-21-18(24)9-10-23-15-8-7-14(20)11-16(15)28-19(23)25/h3-8,11H,9-10,12H2,1-2H3,(H,21,24). The number of amides is 1. The van der Waals surface area contributed by atoms with Crippen molar-refractivity contribution in [2.45, 2.75) is 24.4 Å². The lowest BCUT2D eigenvalue weighted by Crippen LogP contribution is -2.28. The molecule has 0 aliphatic rings. The first-order valence-electron chi connectivity index (χ1n) is 8.76. The lowest BCUT2D eigenvalue weighted by molar-refractivity contribution is -0.121. The van der Waals surface area contributed by atoms with E-state index >= 15 is 0 Å². The van der Waals surface area contributed by atoms with Crippen LogP contribution >= 0.6 is 11.6 Å². The van der Waals surface area contributed by atoms with Gasteiger partial charge in [-0.2, -0.15) is 0 Å². The maximum atomic E-state index is 12.4. The van der Waals surface area contributed by atoms with Crippen LogP contribution in [0.5, 0.6) is 0 Å². The molecule has 3 rings (SSSR count). The lowest BCUT2D eigenvalue weighted by Gasteiger charge is -2.15. The third-order valence-corrected chi connectivity index (χ3v) is 6.55. The summed E-state index contributed by atoms with van der Waals surface area (Å²) in [5.41, 5.74) is 1.38. The normalized spacial score (nSPS) is 11.9. The zero-order valence-electron chi connectivity index (χ0n) is 15.9. The molecule has 1 heterocycles. The minimum absolute atomic E-state index is 0.0275. The highest BCUT2D eigenvalue weighted by Gasteiger charge is 2.21. The Hall–Kier alpha value is -2.62. The van der Waals surface area contributed by atoms with E-state index < -0.39 is 15.8 Å². The van der Waals surface area contributed by atoms with Gasteiger partial charge in [-0.1, -0.05) is 29.8 Å². The van der Waals surface area contributed by atoms with E-state index in [-0.39, 0.29) is 30.3 Å². The summed E-state index contributed by atoms with van der Waals surface area (Å²) in [6.45, 7) is 0.176.